The van der Waals surface area contributed by atoms with E-state index in [9.17, 15) is 4.39 Å². The zero-order chi connectivity index (χ0) is 20.6. The maximum Gasteiger partial charge on any atom is 0.162 e. The van der Waals surface area contributed by atoms with Gasteiger partial charge in [-0.1, -0.05) is 33.6 Å². The second-order valence-corrected chi connectivity index (χ2v) is 8.43. The van der Waals surface area contributed by atoms with E-state index in [0.717, 1.165) is 47.7 Å². The Balaban J connectivity index is 1.64. The van der Waals surface area contributed by atoms with Gasteiger partial charge >= 0.3 is 0 Å². The van der Waals surface area contributed by atoms with Crippen LogP contribution in [-0.4, -0.2) is 26.2 Å². The van der Waals surface area contributed by atoms with Crippen LogP contribution in [0.2, 0.25) is 5.02 Å². The Kier molecular flexibility index (Phi) is 8.60. The molecule has 1 heterocycles. The molecule has 3 rings (SSSR count). The molecule has 0 unspecified atom stereocenters. The van der Waals surface area contributed by atoms with Crippen molar-refractivity contribution in [2.75, 3.05) is 26.2 Å². The molecule has 1 aliphatic rings. The molecular weight excluding hydrogens is 459 g/mol. The number of nitrogens with one attached hydrogen (secondary N) is 2. The van der Waals surface area contributed by atoms with Crippen LogP contribution in [0.4, 0.5) is 4.39 Å². The normalized spacial score (nSPS) is 14.8. The van der Waals surface area contributed by atoms with Crippen LogP contribution in [0, 0.1) is 11.7 Å². The number of benzene rings is 2. The Bertz CT molecular complexity index is 816. The standard InChI is InChI=1S/C22H27BrClFN2O2/c1-2-28-21-9-17(13-27-12-15-5-7-26-8-6-15)19(23)11-22(21)29-14-16-3-4-18(25)10-20(16)24/h3-4,9-11,15,26-27H,2,5-8,12-14H2,1H3. The molecule has 158 valence electrons. The number of piperidine rings is 1. The molecule has 0 atom stereocenters. The third kappa shape index (κ3) is 6.57. The fourth-order valence-electron chi connectivity index (χ4n) is 3.38. The molecule has 0 radical (unpaired) electrons. The van der Waals surface area contributed by atoms with Crippen molar-refractivity contribution in [3.05, 3.63) is 56.8 Å². The minimum Gasteiger partial charge on any atom is -0.490 e. The quantitative estimate of drug-likeness (QED) is 0.505. The van der Waals surface area contributed by atoms with E-state index in [2.05, 4.69) is 26.6 Å². The van der Waals surface area contributed by atoms with E-state index in [-0.39, 0.29) is 12.4 Å². The van der Waals surface area contributed by atoms with Gasteiger partial charge < -0.3 is 20.1 Å². The van der Waals surface area contributed by atoms with Crippen molar-refractivity contribution in [1.82, 2.24) is 10.6 Å². The Morgan fingerprint density at radius 1 is 1.14 bits per heavy atom. The van der Waals surface area contributed by atoms with E-state index in [4.69, 9.17) is 21.1 Å². The lowest BCUT2D eigenvalue weighted by molar-refractivity contribution is 0.268. The highest BCUT2D eigenvalue weighted by atomic mass is 79.9. The first-order valence-corrected chi connectivity index (χ1v) is 11.2. The third-order valence-corrected chi connectivity index (χ3v) is 6.11. The Labute approximate surface area is 185 Å². The van der Waals surface area contributed by atoms with Crippen molar-refractivity contribution >= 4 is 27.5 Å². The van der Waals surface area contributed by atoms with E-state index in [1.807, 2.05) is 19.1 Å². The van der Waals surface area contributed by atoms with E-state index in [0.29, 0.717) is 23.1 Å². The van der Waals surface area contributed by atoms with Gasteiger partial charge in [-0.25, -0.2) is 4.39 Å². The van der Waals surface area contributed by atoms with Crippen LogP contribution in [0.25, 0.3) is 0 Å². The lowest BCUT2D eigenvalue weighted by Gasteiger charge is -2.23. The highest BCUT2D eigenvalue weighted by Crippen LogP contribution is 2.35. The highest BCUT2D eigenvalue weighted by Gasteiger charge is 2.15. The molecule has 1 saturated heterocycles. The molecular formula is C22H27BrClFN2O2. The highest BCUT2D eigenvalue weighted by molar-refractivity contribution is 9.10. The molecule has 0 spiro atoms. The summed E-state index contributed by atoms with van der Waals surface area (Å²) in [7, 11) is 0. The van der Waals surface area contributed by atoms with E-state index in [1.165, 1.54) is 25.0 Å². The van der Waals surface area contributed by atoms with Crippen molar-refractivity contribution < 1.29 is 13.9 Å². The molecule has 0 amide bonds. The number of hydrogen-bond acceptors (Lipinski definition) is 4. The number of ether oxygens (including phenoxy) is 2. The molecule has 29 heavy (non-hydrogen) atoms. The summed E-state index contributed by atoms with van der Waals surface area (Å²) in [6, 6.07) is 8.22. The van der Waals surface area contributed by atoms with Gasteiger partial charge in [-0.2, -0.15) is 0 Å². The van der Waals surface area contributed by atoms with E-state index >= 15 is 0 Å². The Morgan fingerprint density at radius 2 is 1.90 bits per heavy atom. The molecule has 2 aromatic rings. The molecule has 2 aromatic carbocycles. The molecule has 7 heteroatoms. The molecule has 0 aromatic heterocycles. The lowest BCUT2D eigenvalue weighted by Crippen LogP contribution is -2.33. The first-order valence-electron chi connectivity index (χ1n) is 10.00. The maximum absolute atomic E-state index is 13.2. The van der Waals surface area contributed by atoms with Crippen molar-refractivity contribution in [2.24, 2.45) is 5.92 Å². The van der Waals surface area contributed by atoms with Gasteiger partial charge in [-0.05, 0) is 75.1 Å². The fourth-order valence-corrected chi connectivity index (χ4v) is 4.07. The topological polar surface area (TPSA) is 42.5 Å². The molecule has 0 bridgehead atoms. The van der Waals surface area contributed by atoms with Crippen molar-refractivity contribution in [2.45, 2.75) is 32.9 Å². The molecule has 0 aliphatic carbocycles. The monoisotopic (exact) mass is 484 g/mol. The first kappa shape index (κ1) is 22.3. The summed E-state index contributed by atoms with van der Waals surface area (Å²) < 4.78 is 25.9. The molecule has 2 N–H and O–H groups in total. The van der Waals surface area contributed by atoms with Gasteiger partial charge in [0, 0.05) is 16.6 Å². The summed E-state index contributed by atoms with van der Waals surface area (Å²) in [5.74, 6) is 1.68. The second-order valence-electron chi connectivity index (χ2n) is 7.17. The average molecular weight is 486 g/mol. The van der Waals surface area contributed by atoms with Crippen molar-refractivity contribution in [3.63, 3.8) is 0 Å². The molecule has 1 fully saturated rings. The van der Waals surface area contributed by atoms with Crippen LogP contribution in [-0.2, 0) is 13.2 Å². The summed E-state index contributed by atoms with van der Waals surface area (Å²) in [5.41, 5.74) is 1.84. The van der Waals surface area contributed by atoms with Gasteiger partial charge in [0.2, 0.25) is 0 Å². The van der Waals surface area contributed by atoms with Gasteiger partial charge in [0.25, 0.3) is 0 Å². The van der Waals surface area contributed by atoms with Gasteiger partial charge in [0.05, 0.1) is 11.6 Å². The van der Waals surface area contributed by atoms with Gasteiger partial charge in [0.1, 0.15) is 12.4 Å². The maximum atomic E-state index is 13.2. The largest absolute Gasteiger partial charge is 0.490 e. The van der Waals surface area contributed by atoms with E-state index < -0.39 is 0 Å². The SMILES string of the molecule is CCOc1cc(CNCC2CCNCC2)c(Br)cc1OCc1ccc(F)cc1Cl. The zero-order valence-electron chi connectivity index (χ0n) is 16.6. The lowest BCUT2D eigenvalue weighted by atomic mass is 9.98. The zero-order valence-corrected chi connectivity index (χ0v) is 18.9. The van der Waals surface area contributed by atoms with Gasteiger partial charge in [-0.15, -0.1) is 0 Å². The van der Waals surface area contributed by atoms with Crippen LogP contribution in [0.3, 0.4) is 0 Å². The van der Waals surface area contributed by atoms with Crippen LogP contribution < -0.4 is 20.1 Å². The van der Waals surface area contributed by atoms with Crippen LogP contribution in [0.1, 0.15) is 30.9 Å². The average Bonchev–Trinajstić information content (AvgIpc) is 2.71. The summed E-state index contributed by atoms with van der Waals surface area (Å²) in [4.78, 5) is 0. The van der Waals surface area contributed by atoms with Gasteiger partial charge in [0.15, 0.2) is 11.5 Å². The van der Waals surface area contributed by atoms with Crippen LogP contribution in [0.5, 0.6) is 11.5 Å². The summed E-state index contributed by atoms with van der Waals surface area (Å²) in [5, 5.41) is 7.31. The Morgan fingerprint density at radius 3 is 2.62 bits per heavy atom. The predicted octanol–water partition coefficient (Wildman–Crippen LogP) is 5.31. The van der Waals surface area contributed by atoms with Crippen LogP contribution in [0.15, 0.2) is 34.8 Å². The number of halogens is 3. The molecule has 0 saturated carbocycles. The molecule has 4 nitrogen and oxygen atoms in total. The van der Waals surface area contributed by atoms with Gasteiger partial charge in [-0.3, -0.25) is 0 Å². The van der Waals surface area contributed by atoms with Crippen molar-refractivity contribution in [3.8, 4) is 11.5 Å². The smallest absolute Gasteiger partial charge is 0.162 e. The first-order chi connectivity index (χ1) is 14.1. The summed E-state index contributed by atoms with van der Waals surface area (Å²) in [6.07, 6.45) is 2.44. The fraction of sp³-hybridized carbons (Fsp3) is 0.455. The number of rotatable bonds is 9. The summed E-state index contributed by atoms with van der Waals surface area (Å²) in [6.45, 7) is 6.70. The number of hydrogen-bond donors (Lipinski definition) is 2. The molecule has 1 aliphatic heterocycles. The van der Waals surface area contributed by atoms with Crippen molar-refractivity contribution in [1.29, 1.82) is 0 Å². The minimum atomic E-state index is -0.363. The minimum absolute atomic E-state index is 0.235. The van der Waals surface area contributed by atoms with E-state index in [1.54, 1.807) is 6.07 Å². The third-order valence-electron chi connectivity index (χ3n) is 5.02. The van der Waals surface area contributed by atoms with Crippen LogP contribution >= 0.6 is 27.5 Å². The predicted molar refractivity (Wildman–Crippen MR) is 118 cm³/mol. The second kappa shape index (κ2) is 11.2. The Hall–Kier alpha value is -1.34. The summed E-state index contributed by atoms with van der Waals surface area (Å²) >= 11 is 9.75.